The van der Waals surface area contributed by atoms with E-state index < -0.39 is 0 Å². The molecule has 0 aliphatic rings. The van der Waals surface area contributed by atoms with E-state index in [1.807, 2.05) is 19.9 Å². The summed E-state index contributed by atoms with van der Waals surface area (Å²) in [6, 6.07) is 5.49. The fourth-order valence-electron chi connectivity index (χ4n) is 1.57. The van der Waals surface area contributed by atoms with E-state index in [9.17, 15) is 4.79 Å². The van der Waals surface area contributed by atoms with Crippen molar-refractivity contribution < 1.29 is 4.79 Å². The molecule has 6 heteroatoms. The molecule has 2 heterocycles. The van der Waals surface area contributed by atoms with Crippen molar-refractivity contribution in [1.82, 2.24) is 9.78 Å². The first-order valence-electron chi connectivity index (χ1n) is 5.46. The lowest BCUT2D eigenvalue weighted by molar-refractivity contribution is 0.101. The predicted octanol–water partition coefficient (Wildman–Crippen LogP) is 2.65. The molecule has 0 saturated heterocycles. The van der Waals surface area contributed by atoms with E-state index in [1.54, 1.807) is 28.4 Å². The number of hydrogen-bond donors (Lipinski definition) is 1. The van der Waals surface area contributed by atoms with Gasteiger partial charge in [0.05, 0.1) is 5.56 Å². The molecule has 0 fully saturated rings. The highest BCUT2D eigenvalue weighted by Crippen LogP contribution is 2.23. The molecule has 1 N–H and O–H groups in total. The smallest absolute Gasteiger partial charge is 0.274 e. The zero-order valence-corrected chi connectivity index (χ0v) is 10.9. The number of rotatable bonds is 3. The zero-order chi connectivity index (χ0) is 13.1. The lowest BCUT2D eigenvalue weighted by Crippen LogP contribution is -2.18. The van der Waals surface area contributed by atoms with Crippen LogP contribution in [0.15, 0.2) is 23.7 Å². The van der Waals surface area contributed by atoms with Gasteiger partial charge in [0.1, 0.15) is 16.8 Å². The summed E-state index contributed by atoms with van der Waals surface area (Å²) in [4.78, 5) is 12.1. The molecule has 0 aliphatic carbocycles. The zero-order valence-electron chi connectivity index (χ0n) is 10.0. The molecule has 5 nitrogen and oxygen atoms in total. The van der Waals surface area contributed by atoms with E-state index in [1.165, 1.54) is 11.3 Å². The topological polar surface area (TPSA) is 70.7 Å². The quantitative estimate of drug-likeness (QED) is 0.922. The molecule has 0 spiro atoms. The number of amides is 1. The Morgan fingerprint density at radius 2 is 2.33 bits per heavy atom. The normalized spacial score (nSPS) is 10.3. The van der Waals surface area contributed by atoms with Gasteiger partial charge in [-0.2, -0.15) is 10.4 Å². The second kappa shape index (κ2) is 5.02. The second-order valence-electron chi connectivity index (χ2n) is 3.98. The first-order chi connectivity index (χ1) is 8.63. The van der Waals surface area contributed by atoms with Gasteiger partial charge in [0.2, 0.25) is 0 Å². The van der Waals surface area contributed by atoms with E-state index >= 15 is 0 Å². The highest BCUT2D eigenvalue weighted by Gasteiger charge is 2.15. The van der Waals surface area contributed by atoms with Crippen LogP contribution in [0.5, 0.6) is 0 Å². The average molecular weight is 260 g/mol. The summed E-state index contributed by atoms with van der Waals surface area (Å²) in [6.45, 7) is 3.91. The van der Waals surface area contributed by atoms with Gasteiger partial charge in [0.25, 0.3) is 5.91 Å². The second-order valence-corrected chi connectivity index (χ2v) is 4.90. The maximum absolute atomic E-state index is 12.1. The summed E-state index contributed by atoms with van der Waals surface area (Å²) < 4.78 is 1.65. The fraction of sp³-hybridized carbons (Fsp3) is 0.250. The van der Waals surface area contributed by atoms with Gasteiger partial charge >= 0.3 is 0 Å². The van der Waals surface area contributed by atoms with E-state index in [-0.39, 0.29) is 11.9 Å². The van der Waals surface area contributed by atoms with Crippen molar-refractivity contribution >= 4 is 22.2 Å². The highest BCUT2D eigenvalue weighted by molar-refractivity contribution is 7.14. The van der Waals surface area contributed by atoms with Gasteiger partial charge in [0, 0.05) is 12.2 Å². The standard InChI is InChI=1S/C12H12N4OS/c1-8(2)16-10(3-5-14-16)11(17)15-12-9(7-13)4-6-18-12/h3-6,8H,1-2H3,(H,15,17). The first-order valence-corrected chi connectivity index (χ1v) is 6.34. The van der Waals surface area contributed by atoms with Gasteiger partial charge in [-0.15, -0.1) is 11.3 Å². The number of thiophene rings is 1. The summed E-state index contributed by atoms with van der Waals surface area (Å²) in [5.74, 6) is -0.250. The van der Waals surface area contributed by atoms with Crippen molar-refractivity contribution in [3.05, 3.63) is 35.0 Å². The molecule has 0 bridgehead atoms. The number of carbonyl (C=O) groups excluding carboxylic acids is 1. The van der Waals surface area contributed by atoms with E-state index in [0.29, 0.717) is 16.3 Å². The minimum Gasteiger partial charge on any atom is -0.311 e. The third kappa shape index (κ3) is 2.26. The average Bonchev–Trinajstić information content (AvgIpc) is 2.96. The van der Waals surface area contributed by atoms with Gasteiger partial charge in [-0.3, -0.25) is 9.48 Å². The molecule has 0 unspecified atom stereocenters. The molecular weight excluding hydrogens is 248 g/mol. The third-order valence-corrected chi connectivity index (χ3v) is 3.23. The van der Waals surface area contributed by atoms with Crippen molar-refractivity contribution in [3.63, 3.8) is 0 Å². The predicted molar refractivity (Wildman–Crippen MR) is 69.6 cm³/mol. The number of nitriles is 1. The van der Waals surface area contributed by atoms with Gasteiger partial charge < -0.3 is 5.32 Å². The molecule has 18 heavy (non-hydrogen) atoms. The molecule has 2 aromatic rings. The van der Waals surface area contributed by atoms with Crippen LogP contribution in [-0.4, -0.2) is 15.7 Å². The largest absolute Gasteiger partial charge is 0.311 e. The Balaban J connectivity index is 2.23. The molecule has 0 aliphatic heterocycles. The van der Waals surface area contributed by atoms with Crippen LogP contribution in [-0.2, 0) is 0 Å². The van der Waals surface area contributed by atoms with E-state index in [4.69, 9.17) is 5.26 Å². The Hall–Kier alpha value is -2.13. The van der Waals surface area contributed by atoms with Crippen LogP contribution in [0.2, 0.25) is 0 Å². The number of aromatic nitrogens is 2. The van der Waals surface area contributed by atoms with Crippen molar-refractivity contribution in [3.8, 4) is 6.07 Å². The highest BCUT2D eigenvalue weighted by atomic mass is 32.1. The number of carbonyl (C=O) groups is 1. The van der Waals surface area contributed by atoms with Crippen LogP contribution >= 0.6 is 11.3 Å². The lowest BCUT2D eigenvalue weighted by atomic mass is 10.3. The van der Waals surface area contributed by atoms with Crippen LogP contribution in [0, 0.1) is 11.3 Å². The minimum atomic E-state index is -0.250. The fourth-order valence-corrected chi connectivity index (χ4v) is 2.30. The van der Waals surface area contributed by atoms with Gasteiger partial charge in [0.15, 0.2) is 0 Å². The Morgan fingerprint density at radius 1 is 1.56 bits per heavy atom. The van der Waals surface area contributed by atoms with Crippen molar-refractivity contribution in [2.45, 2.75) is 19.9 Å². The molecule has 0 saturated carbocycles. The molecule has 0 aromatic carbocycles. The molecule has 1 amide bonds. The van der Waals surface area contributed by atoms with Crippen molar-refractivity contribution in [2.24, 2.45) is 0 Å². The van der Waals surface area contributed by atoms with Crippen LogP contribution in [0.25, 0.3) is 0 Å². The number of hydrogen-bond acceptors (Lipinski definition) is 4. The van der Waals surface area contributed by atoms with Crippen molar-refractivity contribution in [1.29, 1.82) is 5.26 Å². The molecule has 0 atom stereocenters. The number of nitrogens with zero attached hydrogens (tertiary/aromatic N) is 3. The van der Waals surface area contributed by atoms with Crippen LogP contribution < -0.4 is 5.32 Å². The monoisotopic (exact) mass is 260 g/mol. The summed E-state index contributed by atoms with van der Waals surface area (Å²) in [5, 5.41) is 18.1. The third-order valence-electron chi connectivity index (χ3n) is 2.40. The van der Waals surface area contributed by atoms with Crippen molar-refractivity contribution in [2.75, 3.05) is 5.32 Å². The van der Waals surface area contributed by atoms with E-state index in [2.05, 4.69) is 10.4 Å². The summed E-state index contributed by atoms with van der Waals surface area (Å²) in [6.07, 6.45) is 1.59. The molecular formula is C12H12N4OS. The maximum atomic E-state index is 12.1. The lowest BCUT2D eigenvalue weighted by Gasteiger charge is -2.10. The van der Waals surface area contributed by atoms with Gasteiger partial charge in [-0.1, -0.05) is 0 Å². The summed E-state index contributed by atoms with van der Waals surface area (Å²) in [7, 11) is 0. The maximum Gasteiger partial charge on any atom is 0.274 e. The number of anilines is 1. The molecule has 2 aromatic heterocycles. The first kappa shape index (κ1) is 12.3. The Labute approximate surface area is 109 Å². The SMILES string of the molecule is CC(C)n1nccc1C(=O)Nc1sccc1C#N. The Kier molecular flexibility index (Phi) is 3.44. The molecule has 92 valence electrons. The van der Waals surface area contributed by atoms with Gasteiger partial charge in [-0.05, 0) is 31.4 Å². The summed E-state index contributed by atoms with van der Waals surface area (Å²) >= 11 is 1.33. The van der Waals surface area contributed by atoms with Crippen LogP contribution in [0.1, 0.15) is 35.9 Å². The van der Waals surface area contributed by atoms with Crippen LogP contribution in [0.4, 0.5) is 5.00 Å². The minimum absolute atomic E-state index is 0.111. The Morgan fingerprint density at radius 3 is 3.00 bits per heavy atom. The van der Waals surface area contributed by atoms with Gasteiger partial charge in [-0.25, -0.2) is 0 Å². The number of nitrogens with one attached hydrogen (secondary N) is 1. The Bertz CT molecular complexity index is 606. The van der Waals surface area contributed by atoms with Crippen LogP contribution in [0.3, 0.4) is 0 Å². The molecule has 0 radical (unpaired) electrons. The van der Waals surface area contributed by atoms with E-state index in [0.717, 1.165) is 0 Å². The summed E-state index contributed by atoms with van der Waals surface area (Å²) in [5.41, 5.74) is 0.964. The molecule has 2 rings (SSSR count).